The number of carboxylic acid groups (broad SMARTS) is 8. The van der Waals surface area contributed by atoms with E-state index in [0.717, 1.165) is 38.1 Å². The molecule has 8 atom stereocenters. The van der Waals surface area contributed by atoms with Crippen molar-refractivity contribution in [2.45, 2.75) is 230 Å². The van der Waals surface area contributed by atoms with E-state index in [-0.39, 0.29) is 384 Å². The number of hydrogen-bond donors (Lipinski definition) is 9. The number of aromatic nitrogens is 2. The van der Waals surface area contributed by atoms with Crippen LogP contribution in [0.2, 0.25) is 10.0 Å². The Morgan fingerprint density at radius 2 is 0.798 bits per heavy atom. The number of carbonyl (C=O) groups is 16. The number of amides is 4. The summed E-state index contributed by atoms with van der Waals surface area (Å²) in [4.78, 5) is 217. The standard InChI is InChI=1S/2C36H52ClFN3O15P.5K/c2*37-27-20-25(21-40-33(27)38)29(43)11-5-1-2-6-12-30(44)39-17-7-3-4-9-26(42)19-23(34(48)49)13-15-31(45)41-28(36(52)53)10-8-18-56-57(54,55)22-24(35(50)51)14-16-32(46)47;;;;;/h2*20-21,23-24,28H,1-19,22H2,(H,39,44)(H,41,45)(H,46,47)(H,48,49)(H,50,51)(H,52,53)(H,54,55);;;;;/q;;5*+1/p-5/t2*23-,24-,28+;;;;;/m11...../s1. The quantitative estimate of drug-likeness (QED) is 0.00976. The second-order valence-electron chi connectivity index (χ2n) is 27.0. The summed E-state index contributed by atoms with van der Waals surface area (Å²) in [6.07, 6.45) is 4.76. The fraction of sp³-hybridized carbons (Fsp3) is 0.639. The molecule has 119 heavy (non-hydrogen) atoms. The molecule has 0 radical (unpaired) electrons. The van der Waals surface area contributed by atoms with E-state index in [1.807, 2.05) is 0 Å². The summed E-state index contributed by atoms with van der Waals surface area (Å²) in [6.45, 7) is -0.291. The first-order valence-corrected chi connectivity index (χ1v) is 41.3. The number of hydrogen-bond acceptors (Lipinski definition) is 27. The summed E-state index contributed by atoms with van der Waals surface area (Å²) in [5.41, 5.74) is 0.485. The van der Waals surface area contributed by atoms with Crippen LogP contribution in [0.25, 0.3) is 0 Å². The number of Topliss-reactive ketones (excluding diaryl/α,β-unsaturated/α-hetero) is 4. The number of rotatable bonds is 66. The summed E-state index contributed by atoms with van der Waals surface area (Å²) >= 11 is 11.3. The monoisotopic (exact) mass is 1890 g/mol. The van der Waals surface area contributed by atoms with E-state index in [1.54, 1.807) is 0 Å². The van der Waals surface area contributed by atoms with Gasteiger partial charge < -0.3 is 105 Å². The van der Waals surface area contributed by atoms with E-state index in [0.29, 0.717) is 90.1 Å². The van der Waals surface area contributed by atoms with Gasteiger partial charge in [-0.05, 0) is 121 Å². The van der Waals surface area contributed by atoms with Crippen LogP contribution in [0.15, 0.2) is 24.5 Å². The number of carbonyl (C=O) groups excluding carboxylic acids is 12. The molecule has 0 bridgehead atoms. The van der Waals surface area contributed by atoms with E-state index in [9.17, 15) is 140 Å². The molecule has 0 saturated carbocycles. The fourth-order valence-electron chi connectivity index (χ4n) is 11.0. The Morgan fingerprint density at radius 1 is 0.420 bits per heavy atom. The van der Waals surface area contributed by atoms with Gasteiger partial charge in [-0.1, -0.05) is 61.7 Å². The normalized spacial score (nSPS) is 13.2. The molecule has 2 rings (SSSR count). The van der Waals surface area contributed by atoms with Gasteiger partial charge in [-0.15, -0.1) is 0 Å². The van der Waals surface area contributed by atoms with Crippen molar-refractivity contribution < 1.29 is 411 Å². The van der Waals surface area contributed by atoms with Crippen LogP contribution in [-0.4, -0.2) is 181 Å². The third-order valence-electron chi connectivity index (χ3n) is 17.4. The molecule has 2 aromatic rings. The van der Waals surface area contributed by atoms with Gasteiger partial charge in [-0.3, -0.25) is 57.3 Å². The van der Waals surface area contributed by atoms with Crippen LogP contribution >= 0.6 is 38.4 Å². The van der Waals surface area contributed by atoms with Crippen LogP contribution in [0, 0.1) is 35.6 Å². The van der Waals surface area contributed by atoms with E-state index in [4.69, 9.17) is 32.8 Å². The molecule has 0 spiro atoms. The van der Waals surface area contributed by atoms with E-state index in [1.165, 1.54) is 12.1 Å². The van der Waals surface area contributed by atoms with Crippen molar-refractivity contribution in [1.29, 1.82) is 0 Å². The molecule has 2 heterocycles. The molecule has 0 aliphatic rings. The molecule has 0 fully saturated rings. The van der Waals surface area contributed by atoms with Crippen LogP contribution in [0.1, 0.15) is 239 Å². The predicted molar refractivity (Wildman–Crippen MR) is 388 cm³/mol. The van der Waals surface area contributed by atoms with Gasteiger partial charge in [-0.25, -0.2) is 14.8 Å². The number of nitrogens with one attached hydrogen (secondary N) is 4. The van der Waals surface area contributed by atoms with Crippen molar-refractivity contribution in [2.75, 3.05) is 38.6 Å². The third kappa shape index (κ3) is 64.9. The van der Waals surface area contributed by atoms with Crippen molar-refractivity contribution in [1.82, 2.24) is 31.2 Å². The van der Waals surface area contributed by atoms with Gasteiger partial charge >= 0.3 is 288 Å². The SMILES string of the molecule is O=C(O)CC[C@H](CP(=O)(O)OCCC[C@H](NC(=O)CC[C@H](CC(=O)CCCCCNC(=O)CCCCCCC(=O)c1cnc(F)c(Cl)c1)C(=O)O)C(=O)O)C(=O)O.O=C([O-])CC[C@H](CP(=O)([O-])OCCC[C@H](NC(=O)CC[C@H](CC(=O)CCCCCNC(=O)CCCCCCC(=O)c1cnc(F)c(Cl)c1)C(=O)[O-])C(=O)[O-])C(=O)[O-].[K+].[K+].[K+].[K+].[K+]. The first-order valence-electron chi connectivity index (χ1n) is 37.1. The van der Waals surface area contributed by atoms with Gasteiger partial charge in [0.15, 0.2) is 11.6 Å². The minimum atomic E-state index is -4.80. The zero-order valence-electron chi connectivity index (χ0n) is 67.8. The van der Waals surface area contributed by atoms with E-state index >= 15 is 0 Å². The number of halogens is 4. The molecular formula is C72H99Cl2F2K5N6O30P2. The first kappa shape index (κ1) is 127. The molecule has 4 amide bonds. The van der Waals surface area contributed by atoms with Crippen molar-refractivity contribution >= 4 is 133 Å². The molecule has 0 aliphatic carbocycles. The van der Waals surface area contributed by atoms with Gasteiger partial charge in [0.05, 0.1) is 53.3 Å². The molecule has 9 N–H and O–H groups in total. The van der Waals surface area contributed by atoms with Gasteiger partial charge in [0, 0.05) is 143 Å². The van der Waals surface area contributed by atoms with Crippen molar-refractivity contribution in [3.63, 3.8) is 0 Å². The molecule has 2 aromatic heterocycles. The average molecular weight is 1890 g/mol. The van der Waals surface area contributed by atoms with Crippen molar-refractivity contribution in [2.24, 2.45) is 23.7 Å². The summed E-state index contributed by atoms with van der Waals surface area (Å²) in [5.74, 6) is -22.6. The Balaban J connectivity index is -0.000000699. The van der Waals surface area contributed by atoms with Crippen LogP contribution in [0.3, 0.4) is 0 Å². The topological polar surface area (TPSA) is 616 Å². The first-order chi connectivity index (χ1) is 53.6. The second kappa shape index (κ2) is 73.3. The summed E-state index contributed by atoms with van der Waals surface area (Å²) < 4.78 is 60.2. The largest absolute Gasteiger partial charge is 1.00 e. The van der Waals surface area contributed by atoms with E-state index in [2.05, 4.69) is 35.8 Å². The number of ketones is 4. The minimum absolute atomic E-state index is 0. The molecule has 2 unspecified atom stereocenters. The Morgan fingerprint density at radius 3 is 1.20 bits per heavy atom. The maximum absolute atomic E-state index is 13.2. The van der Waals surface area contributed by atoms with Crippen LogP contribution in [0.5, 0.6) is 0 Å². The van der Waals surface area contributed by atoms with Gasteiger partial charge in [-0.2, -0.15) is 8.78 Å². The zero-order valence-corrected chi connectivity index (χ0v) is 86.7. The predicted octanol–water partition coefficient (Wildman–Crippen LogP) is -11.7. The molecule has 0 saturated heterocycles. The van der Waals surface area contributed by atoms with Gasteiger partial charge in [0.1, 0.15) is 25.2 Å². The molecule has 0 aromatic carbocycles. The van der Waals surface area contributed by atoms with E-state index < -0.39 is 193 Å². The van der Waals surface area contributed by atoms with Crippen molar-refractivity contribution in [3.05, 3.63) is 57.6 Å². The Kier molecular flexibility index (Phi) is 78.3. The minimum Gasteiger partial charge on any atom is -0.778 e. The number of unbranched alkanes of at least 4 members (excludes halogenated alkanes) is 10. The summed E-state index contributed by atoms with van der Waals surface area (Å²) in [5, 5.41) is 91.2. The van der Waals surface area contributed by atoms with Crippen LogP contribution in [-0.2, 0) is 85.3 Å². The maximum atomic E-state index is 13.2. The average Bonchev–Trinajstić information content (AvgIpc) is 0.851. The number of nitrogens with zero attached hydrogens (tertiary/aromatic N) is 2. The number of carboxylic acids is 8. The molecular weight excluding hydrogens is 1800 g/mol. The second-order valence-corrected chi connectivity index (χ2v) is 31.5. The maximum Gasteiger partial charge on any atom is 1.00 e. The summed E-state index contributed by atoms with van der Waals surface area (Å²) in [6, 6.07) is -0.596. The Labute approximate surface area is 910 Å². The van der Waals surface area contributed by atoms with Crippen molar-refractivity contribution in [3.8, 4) is 0 Å². The summed E-state index contributed by atoms with van der Waals surface area (Å²) in [7, 11) is -9.28. The number of pyridine rings is 2. The van der Waals surface area contributed by atoms with Gasteiger partial charge in [0.25, 0.3) is 0 Å². The smallest absolute Gasteiger partial charge is 0.778 e. The fourth-order valence-corrected chi connectivity index (χ4v) is 14.1. The molecule has 640 valence electrons. The van der Waals surface area contributed by atoms with Crippen LogP contribution < -0.4 is 304 Å². The molecule has 36 nitrogen and oxygen atoms in total. The number of aliphatic carboxylic acids is 8. The van der Waals surface area contributed by atoms with Crippen LogP contribution in [0.4, 0.5) is 8.78 Å². The zero-order chi connectivity index (χ0) is 85.9. The Bertz CT molecular complexity index is 3450. The third-order valence-corrected chi connectivity index (χ3v) is 20.9. The Hall–Kier alpha value is -0.458. The molecule has 0 aliphatic heterocycles. The van der Waals surface area contributed by atoms with Gasteiger partial charge in [0.2, 0.25) is 35.5 Å². The molecule has 47 heteroatoms.